The fourth-order valence-corrected chi connectivity index (χ4v) is 3.09. The first kappa shape index (κ1) is 16.0. The van der Waals surface area contributed by atoms with Crippen LogP contribution in [0.2, 0.25) is 0 Å². The summed E-state index contributed by atoms with van der Waals surface area (Å²) in [4.78, 5) is 43.9. The van der Waals surface area contributed by atoms with E-state index in [1.165, 1.54) is 17.2 Å². The van der Waals surface area contributed by atoms with Crippen molar-refractivity contribution in [1.82, 2.24) is 19.7 Å². The molecule has 1 aliphatic rings. The van der Waals surface area contributed by atoms with Crippen LogP contribution in [0.5, 0.6) is 0 Å². The number of rotatable bonds is 3. The molecule has 0 spiro atoms. The monoisotopic (exact) mass is 352 g/mol. The third-order valence-electron chi connectivity index (χ3n) is 4.44. The maximum absolute atomic E-state index is 12.3. The fraction of sp³-hybridized carbons (Fsp3) is 0.235. The SMILES string of the molecule is CN1C(=O)CCc2cc(NC(=O)Cn3ncc4c(=O)[nH]cnc43)ccc21. The summed E-state index contributed by atoms with van der Waals surface area (Å²) in [5, 5.41) is 7.21. The van der Waals surface area contributed by atoms with Gasteiger partial charge in [-0.1, -0.05) is 0 Å². The van der Waals surface area contributed by atoms with Crippen molar-refractivity contribution in [3.05, 3.63) is 46.6 Å². The smallest absolute Gasteiger partial charge is 0.261 e. The summed E-state index contributed by atoms with van der Waals surface area (Å²) in [6, 6.07) is 5.46. The highest BCUT2D eigenvalue weighted by molar-refractivity contribution is 5.97. The molecular formula is C17H16N6O3. The highest BCUT2D eigenvalue weighted by Crippen LogP contribution is 2.29. The Kier molecular flexibility index (Phi) is 3.76. The number of aromatic amines is 1. The van der Waals surface area contributed by atoms with Crippen molar-refractivity contribution in [2.45, 2.75) is 19.4 Å². The third-order valence-corrected chi connectivity index (χ3v) is 4.44. The summed E-state index contributed by atoms with van der Waals surface area (Å²) in [6.07, 6.45) is 3.78. The van der Waals surface area contributed by atoms with Crippen LogP contribution in [0.4, 0.5) is 11.4 Å². The lowest BCUT2D eigenvalue weighted by Crippen LogP contribution is -2.31. The number of aryl methyl sites for hydroxylation is 1. The van der Waals surface area contributed by atoms with Crippen molar-refractivity contribution in [3.63, 3.8) is 0 Å². The number of aromatic nitrogens is 4. The Morgan fingerprint density at radius 2 is 2.15 bits per heavy atom. The summed E-state index contributed by atoms with van der Waals surface area (Å²) in [6.45, 7) is -0.0601. The number of H-pyrrole nitrogens is 1. The van der Waals surface area contributed by atoms with Crippen LogP contribution in [0.1, 0.15) is 12.0 Å². The minimum Gasteiger partial charge on any atom is -0.324 e. The molecular weight excluding hydrogens is 336 g/mol. The molecule has 9 heteroatoms. The fourth-order valence-electron chi connectivity index (χ4n) is 3.09. The van der Waals surface area contributed by atoms with Gasteiger partial charge in [-0.05, 0) is 30.2 Å². The van der Waals surface area contributed by atoms with E-state index in [-0.39, 0.29) is 23.9 Å². The number of hydrogen-bond donors (Lipinski definition) is 2. The maximum Gasteiger partial charge on any atom is 0.261 e. The number of anilines is 2. The van der Waals surface area contributed by atoms with Gasteiger partial charge in [-0.3, -0.25) is 14.4 Å². The molecule has 0 fully saturated rings. The molecule has 0 saturated heterocycles. The predicted molar refractivity (Wildman–Crippen MR) is 95.0 cm³/mol. The van der Waals surface area contributed by atoms with Crippen LogP contribution in [0, 0.1) is 0 Å². The summed E-state index contributed by atoms with van der Waals surface area (Å²) in [5.41, 5.74) is 2.59. The number of hydrogen-bond acceptors (Lipinski definition) is 5. The molecule has 0 bridgehead atoms. The standard InChI is InChI=1S/C17H16N6O3/c1-22-13-4-3-11(6-10(13)2-5-15(22)25)21-14(24)8-23-16-12(7-20-23)17(26)19-9-18-16/h3-4,6-7,9H,2,5,8H2,1H3,(H,21,24)(H,18,19,26). The van der Waals surface area contributed by atoms with Crippen LogP contribution in [0.15, 0.2) is 35.5 Å². The molecule has 3 aromatic rings. The van der Waals surface area contributed by atoms with E-state index in [9.17, 15) is 14.4 Å². The molecule has 132 valence electrons. The molecule has 0 aliphatic carbocycles. The summed E-state index contributed by atoms with van der Waals surface area (Å²) < 4.78 is 1.38. The average molecular weight is 352 g/mol. The van der Waals surface area contributed by atoms with E-state index < -0.39 is 0 Å². The lowest BCUT2D eigenvalue weighted by Gasteiger charge is -2.26. The highest BCUT2D eigenvalue weighted by atomic mass is 16.2. The van der Waals surface area contributed by atoms with Gasteiger partial charge in [0.25, 0.3) is 5.56 Å². The number of amides is 2. The van der Waals surface area contributed by atoms with E-state index in [1.54, 1.807) is 18.0 Å². The van der Waals surface area contributed by atoms with E-state index in [0.717, 1.165) is 11.3 Å². The average Bonchev–Trinajstić information content (AvgIpc) is 3.02. The number of fused-ring (bicyclic) bond motifs is 2. The van der Waals surface area contributed by atoms with Crippen molar-refractivity contribution < 1.29 is 9.59 Å². The van der Waals surface area contributed by atoms with Crippen molar-refractivity contribution in [2.24, 2.45) is 0 Å². The molecule has 4 rings (SSSR count). The zero-order valence-corrected chi connectivity index (χ0v) is 14.0. The van der Waals surface area contributed by atoms with Crippen LogP contribution in [0.3, 0.4) is 0 Å². The van der Waals surface area contributed by atoms with Crippen molar-refractivity contribution in [3.8, 4) is 0 Å². The van der Waals surface area contributed by atoms with Gasteiger partial charge in [0, 0.05) is 24.8 Å². The second kappa shape index (κ2) is 6.10. The van der Waals surface area contributed by atoms with E-state index in [1.807, 2.05) is 12.1 Å². The number of carbonyl (C=O) groups excluding carboxylic acids is 2. The van der Waals surface area contributed by atoms with Gasteiger partial charge in [0.05, 0.1) is 12.5 Å². The van der Waals surface area contributed by atoms with Gasteiger partial charge >= 0.3 is 0 Å². The van der Waals surface area contributed by atoms with E-state index in [0.29, 0.717) is 29.6 Å². The molecule has 3 heterocycles. The van der Waals surface area contributed by atoms with E-state index in [2.05, 4.69) is 20.4 Å². The molecule has 26 heavy (non-hydrogen) atoms. The summed E-state index contributed by atoms with van der Waals surface area (Å²) >= 11 is 0. The van der Waals surface area contributed by atoms with Crippen molar-refractivity contribution >= 4 is 34.2 Å². The van der Waals surface area contributed by atoms with Gasteiger partial charge in [0.2, 0.25) is 11.8 Å². The molecule has 0 atom stereocenters. The molecule has 1 aliphatic heterocycles. The zero-order chi connectivity index (χ0) is 18.3. The summed E-state index contributed by atoms with van der Waals surface area (Å²) in [7, 11) is 1.75. The summed E-state index contributed by atoms with van der Waals surface area (Å²) in [5.74, 6) is -0.195. The number of nitrogens with one attached hydrogen (secondary N) is 2. The highest BCUT2D eigenvalue weighted by Gasteiger charge is 2.21. The number of benzene rings is 1. The van der Waals surface area contributed by atoms with E-state index >= 15 is 0 Å². The minimum absolute atomic E-state index is 0.0601. The molecule has 2 amide bonds. The van der Waals surface area contributed by atoms with Crippen LogP contribution in [0.25, 0.3) is 11.0 Å². The molecule has 0 radical (unpaired) electrons. The number of carbonyl (C=O) groups is 2. The Morgan fingerprint density at radius 3 is 3.00 bits per heavy atom. The largest absolute Gasteiger partial charge is 0.324 e. The quantitative estimate of drug-likeness (QED) is 0.719. The Balaban J connectivity index is 1.52. The Bertz CT molecular complexity index is 1080. The molecule has 2 aromatic heterocycles. The molecule has 1 aromatic carbocycles. The normalized spacial score (nSPS) is 13.7. The lowest BCUT2D eigenvalue weighted by atomic mass is 10.0. The Morgan fingerprint density at radius 1 is 1.31 bits per heavy atom. The van der Waals surface area contributed by atoms with Crippen LogP contribution >= 0.6 is 0 Å². The molecule has 2 N–H and O–H groups in total. The predicted octanol–water partition coefficient (Wildman–Crippen LogP) is 0.667. The lowest BCUT2D eigenvalue weighted by molar-refractivity contribution is -0.118. The van der Waals surface area contributed by atoms with Crippen LogP contribution in [-0.2, 0) is 22.6 Å². The molecule has 0 unspecified atom stereocenters. The molecule has 9 nitrogen and oxygen atoms in total. The second-order valence-electron chi connectivity index (χ2n) is 6.12. The van der Waals surface area contributed by atoms with Gasteiger partial charge in [-0.25, -0.2) is 9.67 Å². The Labute approximate surface area is 147 Å². The number of nitrogens with zero attached hydrogens (tertiary/aromatic N) is 4. The second-order valence-corrected chi connectivity index (χ2v) is 6.12. The topological polar surface area (TPSA) is 113 Å². The van der Waals surface area contributed by atoms with Gasteiger partial charge in [-0.2, -0.15) is 5.10 Å². The molecule has 0 saturated carbocycles. The van der Waals surface area contributed by atoms with Crippen molar-refractivity contribution in [2.75, 3.05) is 17.3 Å². The zero-order valence-electron chi connectivity index (χ0n) is 14.0. The van der Waals surface area contributed by atoms with Gasteiger partial charge < -0.3 is 15.2 Å². The first-order valence-electron chi connectivity index (χ1n) is 8.11. The Hall–Kier alpha value is -3.49. The van der Waals surface area contributed by atoms with Gasteiger partial charge in [0.1, 0.15) is 11.9 Å². The van der Waals surface area contributed by atoms with Crippen LogP contribution < -0.4 is 15.8 Å². The van der Waals surface area contributed by atoms with Gasteiger partial charge in [-0.15, -0.1) is 0 Å². The minimum atomic E-state index is -0.296. The van der Waals surface area contributed by atoms with Crippen LogP contribution in [-0.4, -0.2) is 38.6 Å². The van der Waals surface area contributed by atoms with Gasteiger partial charge in [0.15, 0.2) is 5.65 Å². The maximum atomic E-state index is 12.3. The van der Waals surface area contributed by atoms with E-state index in [4.69, 9.17) is 0 Å². The first-order valence-corrected chi connectivity index (χ1v) is 8.11. The van der Waals surface area contributed by atoms with Crippen molar-refractivity contribution in [1.29, 1.82) is 0 Å². The third kappa shape index (κ3) is 2.73. The first-order chi connectivity index (χ1) is 12.5.